The second-order valence-corrected chi connectivity index (χ2v) is 8.39. The van der Waals surface area contributed by atoms with Gasteiger partial charge in [0.25, 0.3) is 0 Å². The summed E-state index contributed by atoms with van der Waals surface area (Å²) >= 11 is 1.65. The Hall–Kier alpha value is -2.17. The van der Waals surface area contributed by atoms with Gasteiger partial charge < -0.3 is 10.4 Å². The molecule has 0 saturated carbocycles. The average Bonchev–Trinajstić information content (AvgIpc) is 3.40. The Kier molecular flexibility index (Phi) is 4.03. The van der Waals surface area contributed by atoms with E-state index in [2.05, 4.69) is 40.4 Å². The van der Waals surface area contributed by atoms with Crippen molar-refractivity contribution < 1.29 is 0 Å². The summed E-state index contributed by atoms with van der Waals surface area (Å²) in [7, 11) is 0. The van der Waals surface area contributed by atoms with Crippen LogP contribution in [-0.4, -0.2) is 34.7 Å². The lowest BCUT2D eigenvalue weighted by Crippen LogP contribution is -2.32. The molecule has 1 unspecified atom stereocenters. The van der Waals surface area contributed by atoms with E-state index in [1.54, 1.807) is 11.3 Å². The van der Waals surface area contributed by atoms with Crippen LogP contribution in [0.3, 0.4) is 0 Å². The number of aromatic nitrogens is 1. The minimum absolute atomic E-state index is 0.691. The van der Waals surface area contributed by atoms with Gasteiger partial charge >= 0.3 is 0 Å². The van der Waals surface area contributed by atoms with Crippen LogP contribution in [0.25, 0.3) is 16.5 Å². The maximum atomic E-state index is 8.37. The van der Waals surface area contributed by atoms with Gasteiger partial charge in [0.15, 0.2) is 0 Å². The SMILES string of the molecule is N=C(Cc1ccc2[nH]cc(C3=CCN4CCCC4C3)c2c1)c1cccs1. The van der Waals surface area contributed by atoms with Crippen LogP contribution in [0.2, 0.25) is 0 Å². The molecule has 0 aliphatic carbocycles. The monoisotopic (exact) mass is 361 g/mol. The molecule has 132 valence electrons. The summed E-state index contributed by atoms with van der Waals surface area (Å²) in [5.74, 6) is 0. The predicted octanol–water partition coefficient (Wildman–Crippen LogP) is 5.09. The van der Waals surface area contributed by atoms with Crippen molar-refractivity contribution in [2.75, 3.05) is 13.1 Å². The van der Waals surface area contributed by atoms with Crippen molar-refractivity contribution in [2.45, 2.75) is 31.7 Å². The van der Waals surface area contributed by atoms with E-state index in [1.165, 1.54) is 53.4 Å². The van der Waals surface area contributed by atoms with E-state index >= 15 is 0 Å². The fourth-order valence-electron chi connectivity index (χ4n) is 4.44. The van der Waals surface area contributed by atoms with Gasteiger partial charge in [-0.3, -0.25) is 4.90 Å². The second kappa shape index (κ2) is 6.53. The molecule has 0 spiro atoms. The molecule has 5 rings (SSSR count). The van der Waals surface area contributed by atoms with Gasteiger partial charge in [0.2, 0.25) is 0 Å². The quantitative estimate of drug-likeness (QED) is 0.624. The van der Waals surface area contributed by atoms with E-state index in [1.807, 2.05) is 17.5 Å². The lowest BCUT2D eigenvalue weighted by molar-refractivity contribution is 0.275. The number of thiophene rings is 1. The summed E-state index contributed by atoms with van der Waals surface area (Å²) in [6.07, 6.45) is 9.14. The number of nitrogens with one attached hydrogen (secondary N) is 2. The van der Waals surface area contributed by atoms with E-state index in [0.29, 0.717) is 12.1 Å². The molecule has 26 heavy (non-hydrogen) atoms. The summed E-state index contributed by atoms with van der Waals surface area (Å²) < 4.78 is 0. The van der Waals surface area contributed by atoms with Gasteiger partial charge in [-0.15, -0.1) is 11.3 Å². The van der Waals surface area contributed by atoms with Gasteiger partial charge in [-0.25, -0.2) is 0 Å². The molecule has 2 N–H and O–H groups in total. The highest BCUT2D eigenvalue weighted by Gasteiger charge is 2.28. The Labute approximate surface area is 157 Å². The first-order chi connectivity index (χ1) is 12.8. The molecule has 3 aromatic rings. The molecular weight excluding hydrogens is 338 g/mol. The first-order valence-corrected chi connectivity index (χ1v) is 10.3. The van der Waals surface area contributed by atoms with Gasteiger partial charge in [-0.2, -0.15) is 0 Å². The number of rotatable bonds is 4. The molecular formula is C22H23N3S. The molecule has 2 aromatic heterocycles. The van der Waals surface area contributed by atoms with Crippen molar-refractivity contribution in [1.82, 2.24) is 9.88 Å². The van der Waals surface area contributed by atoms with Crippen molar-refractivity contribution >= 4 is 33.5 Å². The van der Waals surface area contributed by atoms with Gasteiger partial charge in [0.1, 0.15) is 0 Å². The highest BCUT2D eigenvalue weighted by molar-refractivity contribution is 7.12. The topological polar surface area (TPSA) is 42.9 Å². The van der Waals surface area contributed by atoms with Crippen LogP contribution < -0.4 is 0 Å². The van der Waals surface area contributed by atoms with Crippen LogP contribution in [0, 0.1) is 5.41 Å². The summed E-state index contributed by atoms with van der Waals surface area (Å²) in [6.45, 7) is 2.35. The number of nitrogens with zero attached hydrogens (tertiary/aromatic N) is 1. The average molecular weight is 362 g/mol. The van der Waals surface area contributed by atoms with E-state index in [-0.39, 0.29) is 0 Å². The number of fused-ring (bicyclic) bond motifs is 2. The number of H-pyrrole nitrogens is 1. The third kappa shape index (κ3) is 2.83. The van der Waals surface area contributed by atoms with Crippen LogP contribution in [0.1, 0.15) is 35.3 Å². The highest BCUT2D eigenvalue weighted by Crippen LogP contribution is 2.35. The zero-order valence-electron chi connectivity index (χ0n) is 14.8. The maximum Gasteiger partial charge on any atom is 0.0529 e. The number of hydrogen-bond acceptors (Lipinski definition) is 3. The highest BCUT2D eigenvalue weighted by atomic mass is 32.1. The molecule has 3 nitrogen and oxygen atoms in total. The van der Waals surface area contributed by atoms with Crippen molar-refractivity contribution in [3.05, 3.63) is 64.0 Å². The fourth-order valence-corrected chi connectivity index (χ4v) is 5.11. The fraction of sp³-hybridized carbons (Fsp3) is 0.318. The maximum absolute atomic E-state index is 8.37. The standard InChI is InChI=1S/C22H23N3S/c23-20(22-4-2-10-26-22)12-15-5-6-21-18(11-15)19(14-24-21)16-7-9-25-8-1-3-17(25)13-16/h2,4-7,10-11,14,17,23-24H,1,3,8-9,12-13H2. The third-order valence-electron chi connectivity index (χ3n) is 5.82. The Balaban J connectivity index is 1.45. The largest absolute Gasteiger partial charge is 0.361 e. The van der Waals surface area contributed by atoms with Gasteiger partial charge in [0.05, 0.1) is 5.71 Å². The molecule has 2 aliphatic rings. The van der Waals surface area contributed by atoms with Crippen LogP contribution >= 0.6 is 11.3 Å². The van der Waals surface area contributed by atoms with Gasteiger partial charge in [0, 0.05) is 46.5 Å². The first kappa shape index (κ1) is 16.0. The third-order valence-corrected chi connectivity index (χ3v) is 6.75. The van der Waals surface area contributed by atoms with Gasteiger partial charge in [-0.1, -0.05) is 18.2 Å². The molecule has 1 saturated heterocycles. The molecule has 1 atom stereocenters. The Bertz CT molecular complexity index is 980. The first-order valence-electron chi connectivity index (χ1n) is 9.43. The van der Waals surface area contributed by atoms with Crippen molar-refractivity contribution in [1.29, 1.82) is 5.41 Å². The Morgan fingerprint density at radius 3 is 3.15 bits per heavy atom. The van der Waals surface area contributed by atoms with Crippen LogP contribution in [0.5, 0.6) is 0 Å². The van der Waals surface area contributed by atoms with E-state index in [0.717, 1.165) is 17.5 Å². The lowest BCUT2D eigenvalue weighted by atomic mass is 9.93. The molecule has 0 radical (unpaired) electrons. The van der Waals surface area contributed by atoms with Crippen LogP contribution in [-0.2, 0) is 6.42 Å². The van der Waals surface area contributed by atoms with Crippen molar-refractivity contribution in [3.8, 4) is 0 Å². The minimum atomic E-state index is 0.691. The van der Waals surface area contributed by atoms with Crippen LogP contribution in [0.15, 0.2) is 48.0 Å². The zero-order valence-corrected chi connectivity index (χ0v) is 15.6. The number of hydrogen-bond donors (Lipinski definition) is 2. The predicted molar refractivity (Wildman–Crippen MR) is 110 cm³/mol. The van der Waals surface area contributed by atoms with E-state index in [4.69, 9.17) is 5.41 Å². The lowest BCUT2D eigenvalue weighted by Gasteiger charge is -2.29. The zero-order chi connectivity index (χ0) is 17.5. The minimum Gasteiger partial charge on any atom is -0.361 e. The molecule has 1 fully saturated rings. The Morgan fingerprint density at radius 1 is 1.31 bits per heavy atom. The van der Waals surface area contributed by atoms with Crippen molar-refractivity contribution in [3.63, 3.8) is 0 Å². The molecule has 4 heterocycles. The van der Waals surface area contributed by atoms with Crippen LogP contribution in [0.4, 0.5) is 0 Å². The molecule has 0 amide bonds. The summed E-state index contributed by atoms with van der Waals surface area (Å²) in [5.41, 5.74) is 5.97. The number of benzene rings is 1. The van der Waals surface area contributed by atoms with E-state index < -0.39 is 0 Å². The summed E-state index contributed by atoms with van der Waals surface area (Å²) in [6, 6.07) is 11.4. The molecule has 2 aliphatic heterocycles. The number of aromatic amines is 1. The van der Waals surface area contributed by atoms with Crippen molar-refractivity contribution in [2.24, 2.45) is 0 Å². The Morgan fingerprint density at radius 2 is 2.27 bits per heavy atom. The normalized spacial score (nSPS) is 20.3. The molecule has 0 bridgehead atoms. The summed E-state index contributed by atoms with van der Waals surface area (Å²) in [5, 5.41) is 11.7. The van der Waals surface area contributed by atoms with Gasteiger partial charge in [-0.05, 0) is 60.5 Å². The molecule has 1 aromatic carbocycles. The van der Waals surface area contributed by atoms with E-state index in [9.17, 15) is 0 Å². The smallest absolute Gasteiger partial charge is 0.0529 e. The molecule has 4 heteroatoms. The second-order valence-electron chi connectivity index (χ2n) is 7.44. The summed E-state index contributed by atoms with van der Waals surface area (Å²) in [4.78, 5) is 7.13.